The lowest BCUT2D eigenvalue weighted by Gasteiger charge is -2.23. The first-order valence-electron chi connectivity index (χ1n) is 7.53. The molecule has 5 nitrogen and oxygen atoms in total. The van der Waals surface area contributed by atoms with Crippen LogP contribution in [0.25, 0.3) is 0 Å². The maximum Gasteiger partial charge on any atom is 0.208 e. The molecule has 0 aromatic carbocycles. The minimum absolute atomic E-state index is 0.578. The van der Waals surface area contributed by atoms with Gasteiger partial charge in [0.2, 0.25) is 5.13 Å². The molecule has 0 radical (unpaired) electrons. The fourth-order valence-electron chi connectivity index (χ4n) is 2.82. The zero-order valence-electron chi connectivity index (χ0n) is 12.7. The number of aryl methyl sites for hydroxylation is 1. The van der Waals surface area contributed by atoms with Gasteiger partial charge in [-0.1, -0.05) is 11.3 Å². The standard InChI is InChI=1S/C15H22N4OS/c1-3-20-8-6-13-9-18-7-4-5-14(18)11-19(10-13)15-17-16-12(2)21-15/h4-5,7,13H,3,6,8-11H2,1-2H3/t13-/m0/s1. The quantitative estimate of drug-likeness (QED) is 0.797. The molecule has 114 valence electrons. The van der Waals surface area contributed by atoms with E-state index in [4.69, 9.17) is 4.74 Å². The number of hydrogen-bond acceptors (Lipinski definition) is 5. The molecule has 21 heavy (non-hydrogen) atoms. The van der Waals surface area contributed by atoms with Gasteiger partial charge in [0.1, 0.15) is 5.01 Å². The molecule has 0 bridgehead atoms. The van der Waals surface area contributed by atoms with E-state index in [-0.39, 0.29) is 0 Å². The highest BCUT2D eigenvalue weighted by Crippen LogP contribution is 2.27. The number of anilines is 1. The van der Waals surface area contributed by atoms with Crippen LogP contribution in [0.5, 0.6) is 0 Å². The van der Waals surface area contributed by atoms with Crippen molar-refractivity contribution < 1.29 is 4.74 Å². The molecule has 0 N–H and O–H groups in total. The van der Waals surface area contributed by atoms with Crippen LogP contribution in [0.1, 0.15) is 24.0 Å². The molecule has 1 aliphatic rings. The molecule has 1 atom stereocenters. The monoisotopic (exact) mass is 306 g/mol. The molecule has 0 amide bonds. The van der Waals surface area contributed by atoms with Gasteiger partial charge in [0.25, 0.3) is 0 Å². The third-order valence-corrected chi connectivity index (χ3v) is 4.77. The zero-order chi connectivity index (χ0) is 14.7. The fourth-order valence-corrected chi connectivity index (χ4v) is 3.51. The summed E-state index contributed by atoms with van der Waals surface area (Å²) in [5.41, 5.74) is 1.35. The zero-order valence-corrected chi connectivity index (χ0v) is 13.5. The Morgan fingerprint density at radius 3 is 3.05 bits per heavy atom. The van der Waals surface area contributed by atoms with Gasteiger partial charge in [-0.2, -0.15) is 0 Å². The minimum atomic E-state index is 0.578. The predicted molar refractivity (Wildman–Crippen MR) is 84.7 cm³/mol. The number of nitrogens with zero attached hydrogens (tertiary/aromatic N) is 4. The van der Waals surface area contributed by atoms with Crippen molar-refractivity contribution in [2.24, 2.45) is 5.92 Å². The van der Waals surface area contributed by atoms with Gasteiger partial charge in [-0.05, 0) is 38.3 Å². The van der Waals surface area contributed by atoms with Crippen molar-refractivity contribution in [1.82, 2.24) is 14.8 Å². The normalized spacial score (nSPS) is 18.6. The van der Waals surface area contributed by atoms with Crippen LogP contribution < -0.4 is 4.90 Å². The SMILES string of the molecule is CCOCC[C@@H]1CN(c2nnc(C)s2)Cc2cccn2C1. The van der Waals surface area contributed by atoms with Gasteiger partial charge in [0.05, 0.1) is 6.54 Å². The third-order valence-electron chi connectivity index (χ3n) is 3.87. The van der Waals surface area contributed by atoms with Gasteiger partial charge in [0.15, 0.2) is 0 Å². The second-order valence-electron chi connectivity index (χ2n) is 5.49. The molecule has 1 aliphatic heterocycles. The number of fused-ring (bicyclic) bond motifs is 1. The van der Waals surface area contributed by atoms with Crippen molar-refractivity contribution in [2.45, 2.75) is 33.4 Å². The van der Waals surface area contributed by atoms with Crippen LogP contribution in [0.15, 0.2) is 18.3 Å². The summed E-state index contributed by atoms with van der Waals surface area (Å²) in [6.07, 6.45) is 3.26. The van der Waals surface area contributed by atoms with Crippen molar-refractivity contribution in [3.05, 3.63) is 29.0 Å². The van der Waals surface area contributed by atoms with E-state index in [2.05, 4.69) is 38.0 Å². The maximum atomic E-state index is 5.54. The van der Waals surface area contributed by atoms with Crippen LogP contribution in [0.4, 0.5) is 5.13 Å². The Morgan fingerprint density at radius 1 is 1.38 bits per heavy atom. The summed E-state index contributed by atoms with van der Waals surface area (Å²) in [5, 5.41) is 10.5. The van der Waals surface area contributed by atoms with Crippen molar-refractivity contribution >= 4 is 16.5 Å². The second kappa shape index (κ2) is 6.58. The molecule has 3 heterocycles. The van der Waals surface area contributed by atoms with Crippen LogP contribution in [-0.2, 0) is 17.8 Å². The number of hydrogen-bond donors (Lipinski definition) is 0. The number of aromatic nitrogens is 3. The lowest BCUT2D eigenvalue weighted by molar-refractivity contribution is 0.130. The first kappa shape index (κ1) is 14.5. The van der Waals surface area contributed by atoms with Crippen molar-refractivity contribution in [1.29, 1.82) is 0 Å². The Labute approximate surface area is 129 Å². The average molecular weight is 306 g/mol. The van der Waals surface area contributed by atoms with Crippen molar-refractivity contribution in [2.75, 3.05) is 24.7 Å². The summed E-state index contributed by atoms with van der Waals surface area (Å²) in [6, 6.07) is 4.33. The summed E-state index contributed by atoms with van der Waals surface area (Å²) < 4.78 is 7.90. The Hall–Kier alpha value is -1.40. The Morgan fingerprint density at radius 2 is 2.29 bits per heavy atom. The van der Waals surface area contributed by atoms with E-state index >= 15 is 0 Å². The highest BCUT2D eigenvalue weighted by molar-refractivity contribution is 7.15. The fraction of sp³-hybridized carbons (Fsp3) is 0.600. The summed E-state index contributed by atoms with van der Waals surface area (Å²) >= 11 is 1.67. The molecule has 0 spiro atoms. The van der Waals surface area contributed by atoms with E-state index < -0.39 is 0 Å². The molecule has 0 unspecified atom stereocenters. The topological polar surface area (TPSA) is 43.2 Å². The molecule has 2 aromatic heterocycles. The van der Waals surface area contributed by atoms with E-state index in [0.717, 1.165) is 49.4 Å². The van der Waals surface area contributed by atoms with Gasteiger partial charge in [-0.15, -0.1) is 10.2 Å². The predicted octanol–water partition coefficient (Wildman–Crippen LogP) is 2.71. The molecule has 0 fully saturated rings. The van der Waals surface area contributed by atoms with Crippen molar-refractivity contribution in [3.63, 3.8) is 0 Å². The maximum absolute atomic E-state index is 5.54. The molecule has 6 heteroatoms. The van der Waals surface area contributed by atoms with Gasteiger partial charge in [-0.3, -0.25) is 0 Å². The highest BCUT2D eigenvalue weighted by atomic mass is 32.1. The number of ether oxygens (including phenoxy) is 1. The second-order valence-corrected chi connectivity index (χ2v) is 6.65. The van der Waals surface area contributed by atoms with Crippen LogP contribution in [0.3, 0.4) is 0 Å². The molecule has 0 saturated carbocycles. The van der Waals surface area contributed by atoms with Gasteiger partial charge < -0.3 is 14.2 Å². The molecule has 0 aliphatic carbocycles. The molecule has 2 aromatic rings. The smallest absolute Gasteiger partial charge is 0.208 e. The van der Waals surface area contributed by atoms with Gasteiger partial charge in [0, 0.05) is 38.2 Å². The molecule has 0 saturated heterocycles. The van der Waals surface area contributed by atoms with Crippen LogP contribution in [0, 0.1) is 12.8 Å². The van der Waals surface area contributed by atoms with E-state index in [9.17, 15) is 0 Å². The lowest BCUT2D eigenvalue weighted by Crippen LogP contribution is -2.28. The molecular weight excluding hydrogens is 284 g/mol. The van der Waals surface area contributed by atoms with Crippen LogP contribution >= 0.6 is 11.3 Å². The minimum Gasteiger partial charge on any atom is -0.382 e. The van der Waals surface area contributed by atoms with E-state index in [0.29, 0.717) is 5.92 Å². The van der Waals surface area contributed by atoms with E-state index in [1.165, 1.54) is 5.69 Å². The molecule has 3 rings (SSSR count). The van der Waals surface area contributed by atoms with Crippen LogP contribution in [0.2, 0.25) is 0 Å². The van der Waals surface area contributed by atoms with E-state index in [1.807, 2.05) is 13.8 Å². The number of rotatable bonds is 5. The Balaban J connectivity index is 1.77. The van der Waals surface area contributed by atoms with E-state index in [1.54, 1.807) is 11.3 Å². The summed E-state index contributed by atoms with van der Waals surface area (Å²) in [7, 11) is 0. The van der Waals surface area contributed by atoms with Gasteiger partial charge >= 0.3 is 0 Å². The van der Waals surface area contributed by atoms with Gasteiger partial charge in [-0.25, -0.2) is 0 Å². The third kappa shape index (κ3) is 3.44. The Bertz CT molecular complexity index is 580. The molecular formula is C15H22N4OS. The summed E-state index contributed by atoms with van der Waals surface area (Å²) in [5.74, 6) is 0.578. The first-order chi connectivity index (χ1) is 10.3. The first-order valence-corrected chi connectivity index (χ1v) is 8.34. The lowest BCUT2D eigenvalue weighted by atomic mass is 10.1. The summed E-state index contributed by atoms with van der Waals surface area (Å²) in [6.45, 7) is 8.67. The van der Waals surface area contributed by atoms with Crippen molar-refractivity contribution in [3.8, 4) is 0 Å². The highest BCUT2D eigenvalue weighted by Gasteiger charge is 2.23. The Kier molecular flexibility index (Phi) is 4.55. The average Bonchev–Trinajstić information content (AvgIpc) is 3.04. The summed E-state index contributed by atoms with van der Waals surface area (Å²) in [4.78, 5) is 2.36. The van der Waals surface area contributed by atoms with Crippen LogP contribution in [-0.4, -0.2) is 34.5 Å². The largest absolute Gasteiger partial charge is 0.382 e.